The van der Waals surface area contributed by atoms with E-state index in [0.717, 1.165) is 22.4 Å². The molecule has 0 radical (unpaired) electrons. The molecule has 0 amide bonds. The average molecular weight is 480 g/mol. The first-order valence-electron chi connectivity index (χ1n) is 10.6. The molecule has 0 saturated heterocycles. The van der Waals surface area contributed by atoms with Crippen molar-refractivity contribution in [2.24, 2.45) is 0 Å². The monoisotopic (exact) mass is 479 g/mol. The number of thiazole rings is 1. The minimum absolute atomic E-state index is 0.286. The van der Waals surface area contributed by atoms with E-state index in [1.807, 2.05) is 32.0 Å². The summed E-state index contributed by atoms with van der Waals surface area (Å²) in [5.41, 5.74) is 5.39. The molecule has 0 fully saturated rings. The van der Waals surface area contributed by atoms with Crippen molar-refractivity contribution in [3.8, 4) is 12.1 Å². The molecule has 3 N–H and O–H groups in total. The molecule has 8 nitrogen and oxygen atoms in total. The Morgan fingerprint density at radius 3 is 2.40 bits per heavy atom. The van der Waals surface area contributed by atoms with Crippen molar-refractivity contribution in [3.63, 3.8) is 0 Å². The van der Waals surface area contributed by atoms with Gasteiger partial charge in [-0.1, -0.05) is 0 Å². The first-order valence-corrected chi connectivity index (χ1v) is 11.5. The summed E-state index contributed by atoms with van der Waals surface area (Å²) in [6.45, 7) is 3.95. The lowest BCUT2D eigenvalue weighted by Crippen LogP contribution is -2.09. The zero-order valence-electron chi connectivity index (χ0n) is 19.0. The summed E-state index contributed by atoms with van der Waals surface area (Å²) in [5, 5.41) is 37.6. The molecular weight excluding hydrogens is 458 g/mol. The van der Waals surface area contributed by atoms with Crippen LogP contribution < -0.4 is 10.6 Å². The van der Waals surface area contributed by atoms with E-state index in [9.17, 15) is 5.11 Å². The molecule has 0 saturated carbocycles. The Hall–Kier alpha value is -4.57. The minimum atomic E-state index is -1.01. The summed E-state index contributed by atoms with van der Waals surface area (Å²) in [4.78, 5) is 13.3. The highest BCUT2D eigenvalue weighted by atomic mass is 32.1. The lowest BCUT2D eigenvalue weighted by Gasteiger charge is -2.16. The molecule has 4 rings (SSSR count). The van der Waals surface area contributed by atoms with Gasteiger partial charge >= 0.3 is 0 Å². The fraction of sp³-hybridized carbons (Fsp3) is 0.115. The smallest absolute Gasteiger partial charge is 0.229 e. The third-order valence-corrected chi connectivity index (χ3v) is 5.97. The van der Waals surface area contributed by atoms with Crippen LogP contribution in [0.2, 0.25) is 0 Å². The van der Waals surface area contributed by atoms with Crippen molar-refractivity contribution in [1.29, 1.82) is 10.5 Å². The van der Waals surface area contributed by atoms with Gasteiger partial charge in [-0.15, -0.1) is 11.3 Å². The van der Waals surface area contributed by atoms with E-state index >= 15 is 0 Å². The predicted molar refractivity (Wildman–Crippen MR) is 136 cm³/mol. The number of aryl methyl sites for hydroxylation is 2. The number of aromatic nitrogens is 3. The zero-order chi connectivity index (χ0) is 24.8. The Morgan fingerprint density at radius 2 is 1.77 bits per heavy atom. The average Bonchev–Trinajstić information content (AvgIpc) is 3.40. The van der Waals surface area contributed by atoms with Crippen molar-refractivity contribution in [3.05, 3.63) is 93.1 Å². The maximum atomic E-state index is 10.9. The lowest BCUT2D eigenvalue weighted by molar-refractivity contribution is 0.215. The summed E-state index contributed by atoms with van der Waals surface area (Å²) in [6.07, 6.45) is 3.82. The zero-order valence-corrected chi connectivity index (χ0v) is 19.8. The molecule has 0 aliphatic carbocycles. The van der Waals surface area contributed by atoms with Crippen LogP contribution >= 0.6 is 11.3 Å². The van der Waals surface area contributed by atoms with Crippen molar-refractivity contribution in [2.75, 3.05) is 10.6 Å². The second kappa shape index (κ2) is 10.6. The number of aliphatic hydroxyl groups excluding tert-OH is 1. The third-order valence-electron chi connectivity index (χ3n) is 5.14. The van der Waals surface area contributed by atoms with Gasteiger partial charge in [0.25, 0.3) is 0 Å². The number of nitrogens with zero attached hydrogens (tertiary/aromatic N) is 5. The quantitative estimate of drug-likeness (QED) is 0.295. The van der Waals surface area contributed by atoms with E-state index in [2.05, 4.69) is 31.7 Å². The first-order chi connectivity index (χ1) is 17.0. The Morgan fingerprint density at radius 1 is 1.03 bits per heavy atom. The van der Waals surface area contributed by atoms with Crippen LogP contribution in [0, 0.1) is 36.5 Å². The molecule has 172 valence electrons. The van der Waals surface area contributed by atoms with Gasteiger partial charge in [-0.2, -0.15) is 15.5 Å². The van der Waals surface area contributed by atoms with Gasteiger partial charge in [0, 0.05) is 35.1 Å². The Balaban J connectivity index is 1.71. The van der Waals surface area contributed by atoms with E-state index in [1.54, 1.807) is 48.0 Å². The summed E-state index contributed by atoms with van der Waals surface area (Å²) >= 11 is 1.34. The molecular formula is C26H21N7OS. The Bertz CT molecular complexity index is 1430. The second-order valence-electron chi connectivity index (χ2n) is 7.71. The van der Waals surface area contributed by atoms with Crippen molar-refractivity contribution in [2.45, 2.75) is 20.0 Å². The molecule has 0 aliphatic heterocycles. The van der Waals surface area contributed by atoms with E-state index in [-0.39, 0.29) is 5.95 Å². The number of allylic oxidation sites excluding steroid dienone is 1. The minimum Gasteiger partial charge on any atom is -0.380 e. The highest BCUT2D eigenvalue weighted by Crippen LogP contribution is 2.30. The van der Waals surface area contributed by atoms with Crippen LogP contribution in [0.1, 0.15) is 39.1 Å². The summed E-state index contributed by atoms with van der Waals surface area (Å²) < 4.78 is 0. The number of aliphatic hydroxyl groups is 1. The molecule has 2 aromatic carbocycles. The normalized spacial score (nSPS) is 11.6. The molecule has 1 unspecified atom stereocenters. The second-order valence-corrected chi connectivity index (χ2v) is 8.63. The molecule has 1 atom stereocenters. The van der Waals surface area contributed by atoms with Crippen LogP contribution in [0.15, 0.2) is 60.1 Å². The Labute approximate surface area is 206 Å². The van der Waals surface area contributed by atoms with Crippen LogP contribution in [-0.2, 0) is 0 Å². The number of rotatable bonds is 7. The summed E-state index contributed by atoms with van der Waals surface area (Å²) in [5.74, 6) is 0.780. The van der Waals surface area contributed by atoms with E-state index in [0.29, 0.717) is 27.8 Å². The molecule has 4 aromatic rings. The van der Waals surface area contributed by atoms with Gasteiger partial charge in [-0.05, 0) is 73.0 Å². The van der Waals surface area contributed by atoms with Gasteiger partial charge in [0.15, 0.2) is 0 Å². The molecule has 2 aromatic heterocycles. The number of hydrogen-bond acceptors (Lipinski definition) is 9. The van der Waals surface area contributed by atoms with Gasteiger partial charge in [-0.3, -0.25) is 0 Å². The fourth-order valence-electron chi connectivity index (χ4n) is 3.53. The van der Waals surface area contributed by atoms with Gasteiger partial charge in [-0.25, -0.2) is 9.97 Å². The summed E-state index contributed by atoms with van der Waals surface area (Å²) in [7, 11) is 0. The molecule has 35 heavy (non-hydrogen) atoms. The van der Waals surface area contributed by atoms with Crippen molar-refractivity contribution in [1.82, 2.24) is 15.0 Å². The first kappa shape index (κ1) is 23.6. The topological polar surface area (TPSA) is 131 Å². The van der Waals surface area contributed by atoms with Crippen molar-refractivity contribution < 1.29 is 5.11 Å². The van der Waals surface area contributed by atoms with E-state index in [4.69, 9.17) is 10.5 Å². The van der Waals surface area contributed by atoms with Gasteiger partial charge in [0.05, 0.1) is 23.4 Å². The number of hydrogen-bond donors (Lipinski definition) is 3. The number of benzene rings is 2. The van der Waals surface area contributed by atoms with Crippen molar-refractivity contribution >= 4 is 40.6 Å². The lowest BCUT2D eigenvalue weighted by atomic mass is 10.0. The maximum Gasteiger partial charge on any atom is 0.229 e. The van der Waals surface area contributed by atoms with Gasteiger partial charge in [0.1, 0.15) is 16.9 Å². The van der Waals surface area contributed by atoms with Crippen LogP contribution in [-0.4, -0.2) is 20.1 Å². The number of anilines is 4. The SMILES string of the molecule is Cc1cc(/C=C/C#N)cc(C)c1Nc1cc(C(O)c2nccs2)nc(Nc2ccc(C#N)cc2)n1. The molecule has 0 spiro atoms. The molecule has 2 heterocycles. The Kier molecular flexibility index (Phi) is 7.12. The maximum absolute atomic E-state index is 10.9. The third kappa shape index (κ3) is 5.68. The molecule has 0 aliphatic rings. The number of nitrogens with one attached hydrogen (secondary N) is 2. The van der Waals surface area contributed by atoms with Gasteiger partial charge < -0.3 is 15.7 Å². The van der Waals surface area contributed by atoms with Crippen LogP contribution in [0.3, 0.4) is 0 Å². The van der Waals surface area contributed by atoms with Gasteiger partial charge in [0.2, 0.25) is 5.95 Å². The summed E-state index contributed by atoms with van der Waals surface area (Å²) in [6, 6.07) is 16.7. The predicted octanol–water partition coefficient (Wildman–Crippen LogP) is 5.53. The standard InChI is InChI=1S/C26H21N7OS/c1-16-12-19(4-3-9-27)13-17(2)23(16)32-22-14-21(24(34)25-29-10-11-35-25)31-26(33-22)30-20-7-5-18(15-28)6-8-20/h3-8,10-14,24,34H,1-2H3,(H2,30,31,32,33)/b4-3+. The highest BCUT2D eigenvalue weighted by Gasteiger charge is 2.18. The van der Waals surface area contributed by atoms with E-state index < -0.39 is 6.10 Å². The van der Waals surface area contributed by atoms with Crippen LogP contribution in [0.5, 0.6) is 0 Å². The molecule has 0 bridgehead atoms. The number of nitriles is 2. The fourth-order valence-corrected chi connectivity index (χ4v) is 4.16. The van der Waals surface area contributed by atoms with Crippen LogP contribution in [0.25, 0.3) is 6.08 Å². The molecule has 9 heteroatoms. The largest absolute Gasteiger partial charge is 0.380 e. The van der Waals surface area contributed by atoms with E-state index in [1.165, 1.54) is 17.4 Å². The van der Waals surface area contributed by atoms with Crippen LogP contribution in [0.4, 0.5) is 23.1 Å². The highest BCUT2D eigenvalue weighted by molar-refractivity contribution is 7.09.